The van der Waals surface area contributed by atoms with Gasteiger partial charge in [0.15, 0.2) is 0 Å². The molecule has 2 heterocycles. The molecule has 0 bridgehead atoms. The number of aromatic nitrogens is 1. The Kier molecular flexibility index (Phi) is 5.70. The van der Waals surface area contributed by atoms with Crippen molar-refractivity contribution in [3.63, 3.8) is 0 Å². The van der Waals surface area contributed by atoms with E-state index in [1.165, 1.54) is 12.3 Å². The molecule has 1 saturated heterocycles. The van der Waals surface area contributed by atoms with Crippen LogP contribution in [-0.2, 0) is 4.79 Å². The molecule has 0 radical (unpaired) electrons. The van der Waals surface area contributed by atoms with E-state index >= 15 is 0 Å². The molecule has 1 fully saturated rings. The first-order valence-electron chi connectivity index (χ1n) is 9.87. The number of amides is 1. The molecule has 7 heteroatoms. The maximum absolute atomic E-state index is 13.5. The average Bonchev–Trinajstić information content (AvgIpc) is 2.81. The minimum absolute atomic E-state index is 0.0267. The zero-order chi connectivity index (χ0) is 20.9. The number of benzene rings is 2. The van der Waals surface area contributed by atoms with Crippen molar-refractivity contribution in [1.29, 1.82) is 0 Å². The molecule has 30 heavy (non-hydrogen) atoms. The van der Waals surface area contributed by atoms with Crippen molar-refractivity contribution in [3.05, 3.63) is 100 Å². The predicted octanol–water partition coefficient (Wildman–Crippen LogP) is 3.47. The highest BCUT2D eigenvalue weighted by Crippen LogP contribution is 2.28. The maximum Gasteiger partial charge on any atom is 0.287 e. The van der Waals surface area contributed by atoms with Gasteiger partial charge in [0, 0.05) is 32.2 Å². The summed E-state index contributed by atoms with van der Waals surface area (Å²) >= 11 is 0. The molecule has 1 aliphatic rings. The Balaban J connectivity index is 1.48. The third-order valence-electron chi connectivity index (χ3n) is 5.37. The quantitative estimate of drug-likeness (QED) is 0.482. The van der Waals surface area contributed by atoms with Gasteiger partial charge in [0.05, 0.1) is 10.8 Å². The summed E-state index contributed by atoms with van der Waals surface area (Å²) in [6, 6.07) is 22.8. The number of nitro groups is 1. The van der Waals surface area contributed by atoms with Crippen LogP contribution in [0.3, 0.4) is 0 Å². The van der Waals surface area contributed by atoms with Gasteiger partial charge in [-0.3, -0.25) is 14.9 Å². The number of nitrogens with zero attached hydrogens (tertiary/aromatic N) is 4. The monoisotopic (exact) mass is 402 g/mol. The van der Waals surface area contributed by atoms with E-state index < -0.39 is 4.92 Å². The van der Waals surface area contributed by atoms with Crippen LogP contribution in [0.1, 0.15) is 17.0 Å². The zero-order valence-electron chi connectivity index (χ0n) is 16.4. The van der Waals surface area contributed by atoms with Crippen molar-refractivity contribution in [2.75, 3.05) is 31.1 Å². The van der Waals surface area contributed by atoms with Gasteiger partial charge in [0.2, 0.25) is 5.91 Å². The number of rotatable bonds is 5. The molecule has 0 aliphatic carbocycles. The number of anilines is 1. The normalized spacial score (nSPS) is 14.0. The Hall–Kier alpha value is -3.74. The van der Waals surface area contributed by atoms with E-state index in [2.05, 4.69) is 4.98 Å². The average molecular weight is 402 g/mol. The highest BCUT2D eigenvalue weighted by molar-refractivity contribution is 5.87. The first-order valence-corrected chi connectivity index (χ1v) is 9.87. The van der Waals surface area contributed by atoms with E-state index in [0.717, 1.165) is 11.1 Å². The highest BCUT2D eigenvalue weighted by Gasteiger charge is 2.30. The molecule has 0 atom stereocenters. The van der Waals surface area contributed by atoms with E-state index in [9.17, 15) is 14.9 Å². The molecular formula is C23H22N4O3. The molecule has 1 aliphatic heterocycles. The van der Waals surface area contributed by atoms with Crippen LogP contribution < -0.4 is 4.90 Å². The summed E-state index contributed by atoms with van der Waals surface area (Å²) in [5.74, 6) is 0.440. The zero-order valence-corrected chi connectivity index (χ0v) is 16.4. The molecular weight excluding hydrogens is 380 g/mol. The van der Waals surface area contributed by atoms with Gasteiger partial charge in [-0.25, -0.2) is 4.98 Å². The smallest absolute Gasteiger partial charge is 0.287 e. The second-order valence-electron chi connectivity index (χ2n) is 7.20. The number of carbonyl (C=O) groups is 1. The van der Waals surface area contributed by atoms with Gasteiger partial charge < -0.3 is 9.80 Å². The van der Waals surface area contributed by atoms with E-state index in [1.54, 1.807) is 6.07 Å². The van der Waals surface area contributed by atoms with E-state index in [0.29, 0.717) is 32.0 Å². The third kappa shape index (κ3) is 4.15. The van der Waals surface area contributed by atoms with Gasteiger partial charge in [-0.05, 0) is 17.2 Å². The van der Waals surface area contributed by atoms with Gasteiger partial charge in [-0.2, -0.15) is 0 Å². The third-order valence-corrected chi connectivity index (χ3v) is 5.37. The van der Waals surface area contributed by atoms with E-state index in [4.69, 9.17) is 0 Å². The highest BCUT2D eigenvalue weighted by atomic mass is 16.6. The molecule has 1 aromatic heterocycles. The van der Waals surface area contributed by atoms with Crippen LogP contribution >= 0.6 is 0 Å². The molecule has 0 saturated carbocycles. The van der Waals surface area contributed by atoms with E-state index in [1.807, 2.05) is 70.5 Å². The lowest BCUT2D eigenvalue weighted by molar-refractivity contribution is -0.385. The summed E-state index contributed by atoms with van der Waals surface area (Å²) in [5.41, 5.74) is 1.93. The van der Waals surface area contributed by atoms with Crippen LogP contribution in [0.2, 0.25) is 0 Å². The van der Waals surface area contributed by atoms with Gasteiger partial charge in [0.1, 0.15) is 12.0 Å². The van der Waals surface area contributed by atoms with Crippen molar-refractivity contribution in [2.24, 2.45) is 0 Å². The summed E-state index contributed by atoms with van der Waals surface area (Å²) in [4.78, 5) is 32.0. The number of hydrogen-bond acceptors (Lipinski definition) is 5. The minimum atomic E-state index is -0.458. The summed E-state index contributed by atoms with van der Waals surface area (Å²) in [6.07, 6.45) is 1.27. The number of pyridine rings is 1. The van der Waals surface area contributed by atoms with Crippen LogP contribution in [0, 0.1) is 10.1 Å². The predicted molar refractivity (Wildman–Crippen MR) is 114 cm³/mol. The van der Waals surface area contributed by atoms with Crippen molar-refractivity contribution in [2.45, 2.75) is 5.92 Å². The Morgan fingerprint density at radius 2 is 1.43 bits per heavy atom. The Morgan fingerprint density at radius 3 is 1.90 bits per heavy atom. The van der Waals surface area contributed by atoms with Crippen molar-refractivity contribution < 1.29 is 9.72 Å². The van der Waals surface area contributed by atoms with E-state index in [-0.39, 0.29) is 17.5 Å². The molecule has 3 aromatic rings. The second-order valence-corrected chi connectivity index (χ2v) is 7.20. The molecule has 0 unspecified atom stereocenters. The summed E-state index contributed by atoms with van der Waals surface area (Å²) < 4.78 is 0. The second kappa shape index (κ2) is 8.73. The van der Waals surface area contributed by atoms with Crippen LogP contribution in [0.4, 0.5) is 11.5 Å². The molecule has 152 valence electrons. The molecule has 0 N–H and O–H groups in total. The number of piperazine rings is 1. The SMILES string of the molecule is O=C(C(c1ccccc1)c1ccccc1)N1CCN(c2ccc([N+](=O)[O-])cn2)CC1. The molecule has 2 aromatic carbocycles. The van der Waals surface area contributed by atoms with Crippen molar-refractivity contribution >= 4 is 17.4 Å². The van der Waals surface area contributed by atoms with Gasteiger partial charge >= 0.3 is 0 Å². The summed E-state index contributed by atoms with van der Waals surface area (Å²) in [5, 5.41) is 10.8. The topological polar surface area (TPSA) is 79.6 Å². The van der Waals surface area contributed by atoms with Gasteiger partial charge in [-0.15, -0.1) is 0 Å². The van der Waals surface area contributed by atoms with Crippen molar-refractivity contribution in [1.82, 2.24) is 9.88 Å². The molecule has 0 spiro atoms. The lowest BCUT2D eigenvalue weighted by Gasteiger charge is -2.37. The molecule has 7 nitrogen and oxygen atoms in total. The Bertz CT molecular complexity index is 962. The van der Waals surface area contributed by atoms with Crippen LogP contribution in [0.5, 0.6) is 0 Å². The fourth-order valence-electron chi connectivity index (χ4n) is 3.78. The summed E-state index contributed by atoms with van der Waals surface area (Å²) in [7, 11) is 0. The van der Waals surface area contributed by atoms with Crippen LogP contribution in [0.15, 0.2) is 79.0 Å². The number of hydrogen-bond donors (Lipinski definition) is 0. The standard InChI is InChI=1S/C23H22N4O3/c28-23(22(18-7-3-1-4-8-18)19-9-5-2-6-10-19)26-15-13-25(14-16-26)21-12-11-20(17-24-21)27(29)30/h1-12,17,22H,13-16H2. The first kappa shape index (κ1) is 19.6. The first-order chi connectivity index (χ1) is 14.6. The Labute approximate surface area is 174 Å². The minimum Gasteiger partial charge on any atom is -0.353 e. The summed E-state index contributed by atoms with van der Waals surface area (Å²) in [6.45, 7) is 2.42. The Morgan fingerprint density at radius 1 is 0.867 bits per heavy atom. The number of carbonyl (C=O) groups excluding carboxylic acids is 1. The van der Waals surface area contributed by atoms with Gasteiger partial charge in [0.25, 0.3) is 5.69 Å². The fourth-order valence-corrected chi connectivity index (χ4v) is 3.78. The molecule has 4 rings (SSSR count). The van der Waals surface area contributed by atoms with Gasteiger partial charge in [-0.1, -0.05) is 60.7 Å². The molecule has 1 amide bonds. The fraction of sp³-hybridized carbons (Fsp3) is 0.217. The largest absolute Gasteiger partial charge is 0.353 e. The van der Waals surface area contributed by atoms with Crippen molar-refractivity contribution in [3.8, 4) is 0 Å². The van der Waals surface area contributed by atoms with Crippen LogP contribution in [0.25, 0.3) is 0 Å². The van der Waals surface area contributed by atoms with Crippen LogP contribution in [-0.4, -0.2) is 46.9 Å². The lowest BCUT2D eigenvalue weighted by atomic mass is 9.90. The maximum atomic E-state index is 13.5. The lowest BCUT2D eigenvalue weighted by Crippen LogP contribution is -2.50.